The van der Waals surface area contributed by atoms with Crippen molar-refractivity contribution in [1.82, 2.24) is 14.5 Å². The van der Waals surface area contributed by atoms with Crippen LogP contribution in [0.5, 0.6) is 0 Å². The summed E-state index contributed by atoms with van der Waals surface area (Å²) in [5.74, 6) is 0.982. The van der Waals surface area contributed by atoms with Crippen LogP contribution >= 0.6 is 0 Å². The van der Waals surface area contributed by atoms with E-state index in [1.54, 1.807) is 6.92 Å². The number of nitrogens with zero attached hydrogens (tertiary/aromatic N) is 4. The maximum absolute atomic E-state index is 14.2. The topological polar surface area (TPSA) is 58.4 Å². The Hall–Kier alpha value is -2.21. The van der Waals surface area contributed by atoms with Crippen molar-refractivity contribution in [1.29, 1.82) is 0 Å². The molecule has 1 aliphatic carbocycles. The summed E-state index contributed by atoms with van der Waals surface area (Å²) < 4.78 is 2.13. The summed E-state index contributed by atoms with van der Waals surface area (Å²) in [6.07, 6.45) is 17.3. The molecular formula is C31H44N4O2. The smallest absolute Gasteiger partial charge is 0.294 e. The van der Waals surface area contributed by atoms with Crippen molar-refractivity contribution in [2.75, 3.05) is 18.0 Å². The Bertz CT molecular complexity index is 1150. The Kier molecular flexibility index (Phi) is 7.38. The molecule has 6 rings (SSSR count). The number of Topliss-reactive ketones (excluding diaryl/α,β-unsaturated/α-hetero) is 1. The fourth-order valence-corrected chi connectivity index (χ4v) is 8.14. The molecule has 200 valence electrons. The van der Waals surface area contributed by atoms with Gasteiger partial charge in [-0.2, -0.15) is 0 Å². The van der Waals surface area contributed by atoms with Crippen molar-refractivity contribution < 1.29 is 4.79 Å². The second-order valence-corrected chi connectivity index (χ2v) is 12.3. The zero-order chi connectivity index (χ0) is 25.4. The van der Waals surface area contributed by atoms with Crippen molar-refractivity contribution in [3.05, 3.63) is 34.6 Å². The van der Waals surface area contributed by atoms with Gasteiger partial charge in [-0.15, -0.1) is 0 Å². The second kappa shape index (κ2) is 10.9. The number of piperidine rings is 3. The SMILES string of the molecule is CC(=O)C1CCN(c2nc3ccccc3n(C3C[C@H]4CCC[C@@H](C3)N4C3CCCCCCC3)c2=O)CC1. The van der Waals surface area contributed by atoms with E-state index in [-0.39, 0.29) is 23.3 Å². The standard InChI is InChI=1S/C31H44N4O2/c1-22(36)23-16-18-33(19-17-23)30-31(37)35(29-15-8-7-14-28(29)32-30)27-20-25-12-9-13-26(21-27)34(25)24-10-5-3-2-4-6-11-24/h7-8,14-15,23-27H,2-6,9-13,16-21H2,1H3/t25-,26+,27?. The van der Waals surface area contributed by atoms with Gasteiger partial charge in [0, 0.05) is 43.2 Å². The molecule has 3 aliphatic heterocycles. The van der Waals surface area contributed by atoms with Gasteiger partial charge in [0.1, 0.15) is 5.78 Å². The molecule has 4 fully saturated rings. The largest absolute Gasteiger partial charge is 0.352 e. The summed E-state index contributed by atoms with van der Waals surface area (Å²) >= 11 is 0. The number of carbonyl (C=O) groups excluding carboxylic acids is 1. The molecular weight excluding hydrogens is 460 g/mol. The van der Waals surface area contributed by atoms with E-state index in [1.807, 2.05) is 12.1 Å². The summed E-state index contributed by atoms with van der Waals surface area (Å²) in [7, 11) is 0. The van der Waals surface area contributed by atoms with Gasteiger partial charge in [0.25, 0.3) is 5.56 Å². The molecule has 1 unspecified atom stereocenters. The predicted octanol–water partition coefficient (Wildman–Crippen LogP) is 5.87. The van der Waals surface area contributed by atoms with Gasteiger partial charge in [0.05, 0.1) is 11.0 Å². The second-order valence-electron chi connectivity index (χ2n) is 12.3. The molecule has 1 saturated carbocycles. The van der Waals surface area contributed by atoms with Crippen LogP contribution in [0.4, 0.5) is 5.82 Å². The van der Waals surface area contributed by atoms with E-state index in [2.05, 4.69) is 26.5 Å². The van der Waals surface area contributed by atoms with Gasteiger partial charge in [-0.25, -0.2) is 4.98 Å². The first-order valence-electron chi connectivity index (χ1n) is 15.1. The zero-order valence-corrected chi connectivity index (χ0v) is 22.6. The van der Waals surface area contributed by atoms with Gasteiger partial charge in [-0.05, 0) is 70.4 Å². The van der Waals surface area contributed by atoms with E-state index < -0.39 is 0 Å². The molecule has 37 heavy (non-hydrogen) atoms. The number of para-hydroxylation sites is 2. The number of ketones is 1. The Labute approximate surface area is 221 Å². The molecule has 4 heterocycles. The third kappa shape index (κ3) is 4.98. The average Bonchev–Trinajstić information content (AvgIpc) is 2.88. The van der Waals surface area contributed by atoms with Gasteiger partial charge in [0.15, 0.2) is 5.82 Å². The van der Waals surface area contributed by atoms with E-state index in [1.165, 1.54) is 64.2 Å². The quantitative estimate of drug-likeness (QED) is 0.521. The van der Waals surface area contributed by atoms with Gasteiger partial charge in [0.2, 0.25) is 0 Å². The first kappa shape index (κ1) is 25.1. The normalized spacial score (nSPS) is 28.7. The van der Waals surface area contributed by atoms with Crippen LogP contribution in [0.1, 0.15) is 103 Å². The van der Waals surface area contributed by atoms with Crippen LogP contribution in [0.15, 0.2) is 29.1 Å². The van der Waals surface area contributed by atoms with Crippen molar-refractivity contribution >= 4 is 22.6 Å². The Morgan fingerprint density at radius 1 is 0.784 bits per heavy atom. The maximum Gasteiger partial charge on any atom is 0.294 e. The van der Waals surface area contributed by atoms with Gasteiger partial charge >= 0.3 is 0 Å². The molecule has 6 nitrogen and oxygen atoms in total. The number of carbonyl (C=O) groups is 1. The van der Waals surface area contributed by atoms with E-state index in [4.69, 9.17) is 4.98 Å². The number of anilines is 1. The minimum absolute atomic E-state index is 0.0717. The average molecular weight is 505 g/mol. The molecule has 0 spiro atoms. The number of fused-ring (bicyclic) bond motifs is 3. The summed E-state index contributed by atoms with van der Waals surface area (Å²) in [5, 5.41) is 0. The van der Waals surface area contributed by atoms with Crippen molar-refractivity contribution in [2.24, 2.45) is 5.92 Å². The Morgan fingerprint density at radius 3 is 2.08 bits per heavy atom. The Balaban J connectivity index is 1.31. The number of rotatable bonds is 4. The highest BCUT2D eigenvalue weighted by Crippen LogP contribution is 2.43. The van der Waals surface area contributed by atoms with Crippen LogP contribution in [0.25, 0.3) is 11.0 Å². The molecule has 4 aliphatic rings. The van der Waals surface area contributed by atoms with Crippen molar-refractivity contribution in [3.8, 4) is 0 Å². The molecule has 2 aromatic rings. The third-order valence-corrected chi connectivity index (χ3v) is 10.0. The fourth-order valence-electron chi connectivity index (χ4n) is 8.14. The number of aromatic nitrogens is 2. The highest BCUT2D eigenvalue weighted by atomic mass is 16.1. The number of hydrogen-bond acceptors (Lipinski definition) is 5. The van der Waals surface area contributed by atoms with Gasteiger partial charge in [-0.3, -0.25) is 14.5 Å². The lowest BCUT2D eigenvalue weighted by molar-refractivity contribution is -0.121. The first-order valence-corrected chi connectivity index (χ1v) is 15.1. The van der Waals surface area contributed by atoms with E-state index in [0.717, 1.165) is 55.8 Å². The maximum atomic E-state index is 14.2. The molecule has 6 heteroatoms. The van der Waals surface area contributed by atoms with Gasteiger partial charge < -0.3 is 9.47 Å². The summed E-state index contributed by atoms with van der Waals surface area (Å²) in [4.78, 5) is 36.1. The van der Waals surface area contributed by atoms with E-state index in [0.29, 0.717) is 17.9 Å². The van der Waals surface area contributed by atoms with Crippen LogP contribution in [0.2, 0.25) is 0 Å². The predicted molar refractivity (Wildman–Crippen MR) is 149 cm³/mol. The van der Waals surface area contributed by atoms with Crippen LogP contribution in [-0.2, 0) is 4.79 Å². The summed E-state index contributed by atoms with van der Waals surface area (Å²) in [5.41, 5.74) is 1.97. The van der Waals surface area contributed by atoms with Crippen LogP contribution < -0.4 is 10.5 Å². The number of benzene rings is 1. The third-order valence-electron chi connectivity index (χ3n) is 10.0. The van der Waals surface area contributed by atoms with Crippen molar-refractivity contribution in [3.63, 3.8) is 0 Å². The minimum Gasteiger partial charge on any atom is -0.352 e. The molecule has 3 atom stereocenters. The van der Waals surface area contributed by atoms with Crippen LogP contribution in [-0.4, -0.2) is 51.4 Å². The molecule has 0 N–H and O–H groups in total. The lowest BCUT2D eigenvalue weighted by Crippen LogP contribution is -2.57. The molecule has 3 saturated heterocycles. The van der Waals surface area contributed by atoms with Crippen LogP contribution in [0, 0.1) is 5.92 Å². The fraction of sp³-hybridized carbons (Fsp3) is 0.710. The molecule has 0 radical (unpaired) electrons. The van der Waals surface area contributed by atoms with Crippen molar-refractivity contribution in [2.45, 2.75) is 121 Å². The van der Waals surface area contributed by atoms with E-state index >= 15 is 0 Å². The monoisotopic (exact) mass is 504 g/mol. The van der Waals surface area contributed by atoms with Gasteiger partial charge in [-0.1, -0.05) is 50.7 Å². The first-order chi connectivity index (χ1) is 18.1. The lowest BCUT2D eigenvalue weighted by atomic mass is 9.79. The Morgan fingerprint density at radius 2 is 1.41 bits per heavy atom. The molecule has 2 bridgehead atoms. The summed E-state index contributed by atoms with van der Waals surface area (Å²) in [6.45, 7) is 3.16. The number of hydrogen-bond donors (Lipinski definition) is 0. The van der Waals surface area contributed by atoms with Crippen LogP contribution in [0.3, 0.4) is 0 Å². The highest BCUT2D eigenvalue weighted by molar-refractivity contribution is 5.79. The molecule has 0 amide bonds. The zero-order valence-electron chi connectivity index (χ0n) is 22.6. The molecule has 1 aromatic carbocycles. The lowest BCUT2D eigenvalue weighted by Gasteiger charge is -2.53. The summed E-state index contributed by atoms with van der Waals surface area (Å²) in [6, 6.07) is 10.4. The minimum atomic E-state index is 0.0717. The molecule has 1 aromatic heterocycles. The van der Waals surface area contributed by atoms with E-state index in [9.17, 15) is 9.59 Å². The highest BCUT2D eigenvalue weighted by Gasteiger charge is 2.42.